The van der Waals surface area contributed by atoms with E-state index < -0.39 is 11.8 Å². The number of aryl methyl sites for hydroxylation is 1. The summed E-state index contributed by atoms with van der Waals surface area (Å²) in [4.78, 5) is 43.8. The molecule has 0 bridgehead atoms. The zero-order valence-electron chi connectivity index (χ0n) is 19.3. The van der Waals surface area contributed by atoms with Gasteiger partial charge in [0.1, 0.15) is 10.7 Å². The van der Waals surface area contributed by atoms with Crippen molar-refractivity contribution < 1.29 is 14.4 Å². The van der Waals surface area contributed by atoms with E-state index in [-0.39, 0.29) is 16.6 Å². The van der Waals surface area contributed by atoms with E-state index in [0.717, 1.165) is 21.7 Å². The lowest BCUT2D eigenvalue weighted by atomic mass is 10.2. The standard InChI is InChI=1S/C27H18Cl2N4O3S/c1-15-2-12-20(13-3-15)33-25(35)22(29)23(26(33)36)30-19-10-6-17(7-11-19)24(34)32-27-31-21(14-37-27)16-4-8-18(28)9-5-16/h2-14,30H,1H3,(H,31,32,34). The minimum Gasteiger partial charge on any atom is -0.350 e. The van der Waals surface area contributed by atoms with Crippen molar-refractivity contribution in [2.45, 2.75) is 6.92 Å². The Balaban J connectivity index is 1.25. The van der Waals surface area contributed by atoms with E-state index in [4.69, 9.17) is 23.2 Å². The molecule has 5 rings (SSSR count). The average molecular weight is 549 g/mol. The van der Waals surface area contributed by atoms with Crippen LogP contribution in [-0.2, 0) is 9.59 Å². The molecule has 2 N–H and O–H groups in total. The van der Waals surface area contributed by atoms with E-state index in [1.54, 1.807) is 48.5 Å². The summed E-state index contributed by atoms with van der Waals surface area (Å²) in [6, 6.07) is 20.7. The fourth-order valence-electron chi connectivity index (χ4n) is 3.64. The summed E-state index contributed by atoms with van der Waals surface area (Å²) in [6.45, 7) is 1.91. The first-order valence-electron chi connectivity index (χ1n) is 11.1. The van der Waals surface area contributed by atoms with Crippen LogP contribution in [0.2, 0.25) is 5.02 Å². The van der Waals surface area contributed by atoms with E-state index >= 15 is 0 Å². The Kier molecular flexibility index (Phi) is 6.80. The van der Waals surface area contributed by atoms with Gasteiger partial charge < -0.3 is 5.32 Å². The van der Waals surface area contributed by atoms with Crippen molar-refractivity contribution >= 4 is 68.8 Å². The zero-order chi connectivity index (χ0) is 26.1. The number of aromatic nitrogens is 1. The predicted molar refractivity (Wildman–Crippen MR) is 147 cm³/mol. The molecule has 4 aromatic rings. The Hall–Kier alpha value is -3.98. The molecule has 7 nitrogen and oxygen atoms in total. The summed E-state index contributed by atoms with van der Waals surface area (Å²) in [5, 5.41) is 8.44. The van der Waals surface area contributed by atoms with Crippen LogP contribution < -0.4 is 15.5 Å². The molecule has 0 atom stereocenters. The lowest BCUT2D eigenvalue weighted by molar-refractivity contribution is -0.120. The monoisotopic (exact) mass is 548 g/mol. The van der Waals surface area contributed by atoms with Crippen LogP contribution in [0.3, 0.4) is 0 Å². The molecule has 0 radical (unpaired) electrons. The smallest absolute Gasteiger partial charge is 0.283 e. The lowest BCUT2D eigenvalue weighted by Crippen LogP contribution is -2.32. The van der Waals surface area contributed by atoms with Gasteiger partial charge in [-0.25, -0.2) is 9.88 Å². The highest BCUT2D eigenvalue weighted by Crippen LogP contribution is 2.31. The Labute approximate surface area is 226 Å². The number of carbonyl (C=O) groups is 3. The minimum atomic E-state index is -0.601. The second-order valence-electron chi connectivity index (χ2n) is 8.17. The summed E-state index contributed by atoms with van der Waals surface area (Å²) in [5.41, 5.74) is 3.93. The molecule has 0 unspecified atom stereocenters. The summed E-state index contributed by atoms with van der Waals surface area (Å²) in [5.74, 6) is -1.49. The van der Waals surface area contributed by atoms with Crippen molar-refractivity contribution in [1.29, 1.82) is 0 Å². The molecule has 37 heavy (non-hydrogen) atoms. The van der Waals surface area contributed by atoms with Gasteiger partial charge >= 0.3 is 0 Å². The van der Waals surface area contributed by atoms with Gasteiger partial charge in [0.25, 0.3) is 17.7 Å². The van der Waals surface area contributed by atoms with Gasteiger partial charge in [-0.1, -0.05) is 53.0 Å². The third-order valence-electron chi connectivity index (χ3n) is 5.60. The molecule has 184 valence electrons. The van der Waals surface area contributed by atoms with Gasteiger partial charge in [-0.3, -0.25) is 19.7 Å². The molecule has 3 amide bonds. The summed E-state index contributed by atoms with van der Waals surface area (Å²) >= 11 is 13.5. The van der Waals surface area contributed by atoms with Crippen LogP contribution in [0.4, 0.5) is 16.5 Å². The van der Waals surface area contributed by atoms with Gasteiger partial charge in [0.15, 0.2) is 5.13 Å². The van der Waals surface area contributed by atoms with Gasteiger partial charge in [-0.05, 0) is 55.5 Å². The Morgan fingerprint density at radius 1 is 0.892 bits per heavy atom. The highest BCUT2D eigenvalue weighted by Gasteiger charge is 2.38. The van der Waals surface area contributed by atoms with E-state index in [0.29, 0.717) is 27.1 Å². The number of hydrogen-bond acceptors (Lipinski definition) is 6. The van der Waals surface area contributed by atoms with Crippen LogP contribution >= 0.6 is 34.5 Å². The summed E-state index contributed by atoms with van der Waals surface area (Å²) in [7, 11) is 0. The van der Waals surface area contributed by atoms with Crippen LogP contribution in [0, 0.1) is 6.92 Å². The molecule has 3 aromatic carbocycles. The van der Waals surface area contributed by atoms with Gasteiger partial charge in [-0.15, -0.1) is 11.3 Å². The van der Waals surface area contributed by atoms with Crippen LogP contribution in [0.15, 0.2) is 88.9 Å². The van der Waals surface area contributed by atoms with Crippen LogP contribution in [0.5, 0.6) is 0 Å². The second kappa shape index (κ2) is 10.2. The first-order valence-corrected chi connectivity index (χ1v) is 12.7. The maximum Gasteiger partial charge on any atom is 0.283 e. The maximum atomic E-state index is 12.9. The number of nitrogens with one attached hydrogen (secondary N) is 2. The predicted octanol–water partition coefficient (Wildman–Crippen LogP) is 6.46. The fourth-order valence-corrected chi connectivity index (χ4v) is 4.70. The molecule has 0 fully saturated rings. The first-order chi connectivity index (χ1) is 17.8. The average Bonchev–Trinajstić information content (AvgIpc) is 3.44. The molecular weight excluding hydrogens is 531 g/mol. The number of rotatable bonds is 6. The van der Waals surface area contributed by atoms with Crippen LogP contribution in [0.1, 0.15) is 15.9 Å². The second-order valence-corrected chi connectivity index (χ2v) is 9.84. The van der Waals surface area contributed by atoms with E-state index in [1.807, 2.05) is 36.6 Å². The van der Waals surface area contributed by atoms with Crippen molar-refractivity contribution in [3.8, 4) is 11.3 Å². The van der Waals surface area contributed by atoms with Crippen molar-refractivity contribution in [2.24, 2.45) is 0 Å². The third-order valence-corrected chi connectivity index (χ3v) is 6.96. The summed E-state index contributed by atoms with van der Waals surface area (Å²) < 4.78 is 0. The molecule has 1 aromatic heterocycles. The number of anilines is 3. The number of hydrogen-bond donors (Lipinski definition) is 2. The Morgan fingerprint density at radius 2 is 1.57 bits per heavy atom. The van der Waals surface area contributed by atoms with E-state index in [1.165, 1.54) is 11.3 Å². The van der Waals surface area contributed by atoms with Crippen molar-refractivity contribution in [1.82, 2.24) is 4.98 Å². The van der Waals surface area contributed by atoms with Gasteiger partial charge in [0.2, 0.25) is 0 Å². The number of benzene rings is 3. The number of imide groups is 1. The molecule has 0 saturated carbocycles. The van der Waals surface area contributed by atoms with Crippen molar-refractivity contribution in [2.75, 3.05) is 15.5 Å². The highest BCUT2D eigenvalue weighted by atomic mass is 35.5. The van der Waals surface area contributed by atoms with Gasteiger partial charge in [-0.2, -0.15) is 0 Å². The maximum absolute atomic E-state index is 12.9. The van der Waals surface area contributed by atoms with Crippen LogP contribution in [-0.4, -0.2) is 22.7 Å². The number of thiazole rings is 1. The quantitative estimate of drug-likeness (QED) is 0.270. The third kappa shape index (κ3) is 5.13. The molecule has 0 aliphatic carbocycles. The highest BCUT2D eigenvalue weighted by molar-refractivity contribution is 7.14. The number of halogens is 2. The van der Waals surface area contributed by atoms with Crippen LogP contribution in [0.25, 0.3) is 11.3 Å². The van der Waals surface area contributed by atoms with Gasteiger partial charge in [0.05, 0.1) is 11.4 Å². The normalized spacial score (nSPS) is 13.3. The van der Waals surface area contributed by atoms with Crippen molar-refractivity contribution in [3.63, 3.8) is 0 Å². The van der Waals surface area contributed by atoms with Gasteiger partial charge in [0, 0.05) is 27.2 Å². The molecule has 0 saturated heterocycles. The number of carbonyl (C=O) groups excluding carboxylic acids is 3. The number of amides is 3. The first kappa shape index (κ1) is 24.7. The van der Waals surface area contributed by atoms with E-state index in [2.05, 4.69) is 15.6 Å². The zero-order valence-corrected chi connectivity index (χ0v) is 21.6. The molecule has 10 heteroatoms. The fraction of sp³-hybridized carbons (Fsp3) is 0.0370. The Bertz CT molecular complexity index is 1550. The van der Waals surface area contributed by atoms with Crippen molar-refractivity contribution in [3.05, 3.63) is 105 Å². The van der Waals surface area contributed by atoms with E-state index in [9.17, 15) is 14.4 Å². The number of nitrogens with zero attached hydrogens (tertiary/aromatic N) is 2. The molecule has 2 heterocycles. The summed E-state index contributed by atoms with van der Waals surface area (Å²) in [6.07, 6.45) is 0. The largest absolute Gasteiger partial charge is 0.350 e. The topological polar surface area (TPSA) is 91.4 Å². The Morgan fingerprint density at radius 3 is 2.24 bits per heavy atom. The lowest BCUT2D eigenvalue weighted by Gasteiger charge is -2.15. The SMILES string of the molecule is Cc1ccc(N2C(=O)C(Cl)=C(Nc3ccc(C(=O)Nc4nc(-c5ccc(Cl)cc5)cs4)cc3)C2=O)cc1. The minimum absolute atomic E-state index is 0.0260. The molecule has 0 spiro atoms. The molecule has 1 aliphatic heterocycles. The molecule has 1 aliphatic rings. The molecular formula is C27H18Cl2N4O3S.